The molecule has 2 aliphatic heterocycles. The summed E-state index contributed by atoms with van der Waals surface area (Å²) in [6, 6.07) is 34.0. The van der Waals surface area contributed by atoms with Crippen LogP contribution in [0.4, 0.5) is 0 Å². The van der Waals surface area contributed by atoms with Gasteiger partial charge in [-0.05, 0) is 142 Å². The second kappa shape index (κ2) is 20.1. The molecular formula is C55H46IrN3O7-. The number of aromatic nitrogens is 3. The van der Waals surface area contributed by atoms with Crippen LogP contribution in [0.15, 0.2) is 189 Å². The third-order valence-electron chi connectivity index (χ3n) is 10.9. The van der Waals surface area contributed by atoms with Gasteiger partial charge in [0.15, 0.2) is 16.3 Å². The maximum absolute atomic E-state index is 13.2. The minimum Gasteiger partial charge on any atom is -0.500 e. The molecule has 0 saturated carbocycles. The molecule has 10 nitrogen and oxygen atoms in total. The van der Waals surface area contributed by atoms with Crippen LogP contribution in [0.5, 0.6) is 17.2 Å². The van der Waals surface area contributed by atoms with Crippen LogP contribution in [-0.2, 0) is 38.4 Å². The zero-order valence-corrected chi connectivity index (χ0v) is 39.2. The Morgan fingerprint density at radius 1 is 0.697 bits per heavy atom. The van der Waals surface area contributed by atoms with Crippen LogP contribution >= 0.6 is 0 Å². The number of methoxy groups -OCH3 is 1. The summed E-state index contributed by atoms with van der Waals surface area (Å²) in [5.41, 5.74) is 9.31. The number of fused-ring (bicyclic) bond motifs is 4. The van der Waals surface area contributed by atoms with Crippen LogP contribution in [0.25, 0.3) is 55.7 Å². The number of ether oxygens (including phenoxy) is 3. The zero-order valence-electron chi connectivity index (χ0n) is 36.8. The summed E-state index contributed by atoms with van der Waals surface area (Å²) in [5.74, 6) is 3.97. The van der Waals surface area contributed by atoms with E-state index in [1.807, 2.05) is 72.8 Å². The van der Waals surface area contributed by atoms with Gasteiger partial charge in [0, 0.05) is 74.3 Å². The molecule has 333 valence electrons. The van der Waals surface area contributed by atoms with Gasteiger partial charge in [-0.2, -0.15) is 0 Å². The first-order valence-electron chi connectivity index (χ1n) is 21.0. The molecule has 0 saturated heterocycles. The molecule has 0 unspecified atom stereocenters. The van der Waals surface area contributed by atoms with Gasteiger partial charge in [-0.3, -0.25) is 14.4 Å². The number of rotatable bonds is 6. The quantitative estimate of drug-likeness (QED) is 0.124. The zero-order chi connectivity index (χ0) is 45.7. The molecule has 0 atom stereocenters. The van der Waals surface area contributed by atoms with Crippen molar-refractivity contribution >= 4 is 21.9 Å². The third-order valence-corrected chi connectivity index (χ3v) is 10.9. The largest absolute Gasteiger partial charge is 0.500 e. The SMILES string of the molecule is C=CC1=CCc2cc(-c3cc(=O)cc[nH]3)ccc2O1.C=CC1=CCc2cc(-c3cc(=O)cc[nH]3)ccc2O1.COc1ccnc(-c2[c-]cc3oc4ccc(C(C)(C)C)cc4c(=O)c3c2)c1.[Ir]. The molecule has 0 bridgehead atoms. The Bertz CT molecular complexity index is 3240. The second-order valence-corrected chi connectivity index (χ2v) is 16.4. The Labute approximate surface area is 395 Å². The molecule has 0 aliphatic carbocycles. The number of H-pyrrole nitrogens is 2. The van der Waals surface area contributed by atoms with Gasteiger partial charge in [0.25, 0.3) is 0 Å². The minimum absolute atomic E-state index is 0. The van der Waals surface area contributed by atoms with E-state index < -0.39 is 0 Å². The van der Waals surface area contributed by atoms with Gasteiger partial charge in [-0.25, -0.2) is 0 Å². The van der Waals surface area contributed by atoms with Gasteiger partial charge in [0.1, 0.15) is 34.3 Å². The van der Waals surface area contributed by atoms with Gasteiger partial charge in [-0.1, -0.05) is 40.0 Å². The van der Waals surface area contributed by atoms with Crippen molar-refractivity contribution in [1.29, 1.82) is 0 Å². The van der Waals surface area contributed by atoms with Crippen LogP contribution in [0.1, 0.15) is 37.5 Å². The number of nitrogens with zero attached hydrogens (tertiary/aromatic N) is 1. The summed E-state index contributed by atoms with van der Waals surface area (Å²) in [7, 11) is 1.61. The van der Waals surface area contributed by atoms with E-state index in [2.05, 4.69) is 54.9 Å². The van der Waals surface area contributed by atoms with Gasteiger partial charge in [-0.15, -0.1) is 23.8 Å². The van der Waals surface area contributed by atoms with E-state index in [-0.39, 0.29) is 41.8 Å². The smallest absolute Gasteiger partial charge is 0.182 e. The molecule has 0 amide bonds. The van der Waals surface area contributed by atoms with Crippen molar-refractivity contribution in [1.82, 2.24) is 15.0 Å². The van der Waals surface area contributed by atoms with E-state index >= 15 is 0 Å². The first kappa shape index (κ1) is 46.4. The van der Waals surface area contributed by atoms with Crippen molar-refractivity contribution in [3.8, 4) is 51.0 Å². The van der Waals surface area contributed by atoms with Crippen LogP contribution in [0.3, 0.4) is 0 Å². The molecule has 0 fully saturated rings. The van der Waals surface area contributed by atoms with Crippen molar-refractivity contribution in [2.24, 2.45) is 0 Å². The van der Waals surface area contributed by atoms with Crippen LogP contribution in [0.2, 0.25) is 0 Å². The van der Waals surface area contributed by atoms with E-state index in [9.17, 15) is 14.4 Å². The predicted octanol–water partition coefficient (Wildman–Crippen LogP) is 11.2. The molecular weight excluding hydrogens is 1010 g/mol. The van der Waals surface area contributed by atoms with E-state index in [4.69, 9.17) is 18.6 Å². The fourth-order valence-corrected chi connectivity index (χ4v) is 7.34. The second-order valence-electron chi connectivity index (χ2n) is 16.4. The van der Waals surface area contributed by atoms with Crippen LogP contribution in [-0.4, -0.2) is 22.1 Å². The van der Waals surface area contributed by atoms with Crippen LogP contribution in [0, 0.1) is 6.07 Å². The van der Waals surface area contributed by atoms with Crippen molar-refractivity contribution < 1.29 is 38.7 Å². The Hall–Kier alpha value is -7.59. The van der Waals surface area contributed by atoms with Gasteiger partial charge in [0.05, 0.1) is 18.1 Å². The molecule has 2 aliphatic rings. The van der Waals surface area contributed by atoms with E-state index in [1.54, 1.807) is 68.2 Å². The molecule has 4 aromatic carbocycles. The van der Waals surface area contributed by atoms with Gasteiger partial charge in [0.2, 0.25) is 0 Å². The molecule has 0 spiro atoms. The van der Waals surface area contributed by atoms with Crippen molar-refractivity contribution in [2.45, 2.75) is 39.0 Å². The summed E-state index contributed by atoms with van der Waals surface area (Å²) in [6.07, 6.45) is 14.0. The number of pyridine rings is 3. The summed E-state index contributed by atoms with van der Waals surface area (Å²) in [6.45, 7) is 13.8. The van der Waals surface area contributed by atoms with Crippen LogP contribution < -0.4 is 30.5 Å². The number of nitrogens with one attached hydrogen (secondary N) is 2. The summed E-state index contributed by atoms with van der Waals surface area (Å²) in [5, 5.41) is 1.11. The number of hydrogen-bond acceptors (Lipinski definition) is 8. The van der Waals surface area contributed by atoms with Crippen molar-refractivity contribution in [3.63, 3.8) is 0 Å². The fraction of sp³-hybridized carbons (Fsp3) is 0.127. The predicted molar refractivity (Wildman–Crippen MR) is 258 cm³/mol. The molecule has 4 aromatic heterocycles. The number of benzene rings is 4. The van der Waals surface area contributed by atoms with E-state index in [0.717, 1.165) is 80.6 Å². The maximum Gasteiger partial charge on any atom is 0.182 e. The fourth-order valence-electron chi connectivity index (χ4n) is 7.34. The molecule has 11 heteroatoms. The molecule has 10 rings (SSSR count). The summed E-state index contributed by atoms with van der Waals surface area (Å²) < 4.78 is 22.5. The number of hydrogen-bond donors (Lipinski definition) is 2. The first-order valence-corrected chi connectivity index (χ1v) is 21.0. The third kappa shape index (κ3) is 10.5. The van der Waals surface area contributed by atoms with Crippen molar-refractivity contribution in [3.05, 3.63) is 224 Å². The summed E-state index contributed by atoms with van der Waals surface area (Å²) >= 11 is 0. The maximum atomic E-state index is 13.2. The molecule has 2 N–H and O–H groups in total. The minimum atomic E-state index is -0.0459. The average molecular weight is 1050 g/mol. The Morgan fingerprint density at radius 2 is 1.27 bits per heavy atom. The van der Waals surface area contributed by atoms with Crippen molar-refractivity contribution in [2.75, 3.05) is 7.11 Å². The monoisotopic (exact) mass is 1050 g/mol. The average Bonchev–Trinajstić information content (AvgIpc) is 3.33. The number of allylic oxidation sites excluding steroid dienone is 4. The molecule has 6 heterocycles. The van der Waals surface area contributed by atoms with E-state index in [1.165, 1.54) is 12.1 Å². The Balaban J connectivity index is 0.000000150. The molecule has 8 aromatic rings. The van der Waals surface area contributed by atoms with Gasteiger partial charge >= 0.3 is 0 Å². The molecule has 66 heavy (non-hydrogen) atoms. The Kier molecular flexibility index (Phi) is 14.1. The standard InChI is InChI=1S/C23H20NO3.2C16H13NO2.Ir/c1-23(2,3)15-6-8-21-18(12-15)22(25)17-11-14(5-7-20(17)27-21)19-13-16(26-4)9-10-24-19;2*1-2-14-5-3-12-9-11(4-6-16(12)19-14)15-10-13(18)7-8-17-15;/h6-13H,1-4H3;2*2,4-10H,1,3H2,(H,17,18);/q-1;;;. The Morgan fingerprint density at radius 3 is 1.80 bits per heavy atom. The normalized spacial score (nSPS) is 12.4. The van der Waals surface area contributed by atoms with E-state index in [0.29, 0.717) is 33.4 Å². The molecule has 1 radical (unpaired) electrons. The summed E-state index contributed by atoms with van der Waals surface area (Å²) in [4.78, 5) is 46.4. The topological polar surface area (TPSA) is 137 Å². The first-order chi connectivity index (χ1) is 31.4. The number of aromatic amines is 2. The van der Waals surface area contributed by atoms with Gasteiger partial charge < -0.3 is 33.6 Å².